The first-order valence-electron chi connectivity index (χ1n) is 2.68. The van der Waals surface area contributed by atoms with Crippen molar-refractivity contribution in [3.05, 3.63) is 0 Å². The Morgan fingerprint density at radius 2 is 1.78 bits per heavy atom. The van der Waals surface area contributed by atoms with E-state index in [-0.39, 0.29) is 39.7 Å². The second kappa shape index (κ2) is 6.18. The Kier molecular flexibility index (Phi) is 8.10. The van der Waals surface area contributed by atoms with E-state index in [0.717, 1.165) is 0 Å². The van der Waals surface area contributed by atoms with Gasteiger partial charge in [0.05, 0.1) is 6.42 Å². The van der Waals surface area contributed by atoms with Crippen LogP contribution in [-0.4, -0.2) is 11.6 Å². The zero-order valence-corrected chi connectivity index (χ0v) is 7.29. The molecule has 50 valence electrons. The molecule has 0 heterocycles. The van der Waals surface area contributed by atoms with Gasteiger partial charge in [0, 0.05) is 28.1 Å². The molecule has 0 N–H and O–H groups in total. The molecule has 0 saturated heterocycles. The van der Waals surface area contributed by atoms with E-state index in [1.807, 2.05) is 0 Å². The van der Waals surface area contributed by atoms with Gasteiger partial charge in [-0.15, -0.1) is 0 Å². The Morgan fingerprint density at radius 1 is 1.33 bits per heavy atom. The van der Waals surface area contributed by atoms with E-state index in [9.17, 15) is 9.59 Å². The average Bonchev–Trinajstić information content (AvgIpc) is 1.65. The van der Waals surface area contributed by atoms with Crippen LogP contribution < -0.4 is 0 Å². The summed E-state index contributed by atoms with van der Waals surface area (Å²) in [4.78, 5) is 20.6. The zero-order chi connectivity index (χ0) is 6.57. The third kappa shape index (κ3) is 8.05. The fourth-order valence-electron chi connectivity index (χ4n) is 0.403. The first-order chi connectivity index (χ1) is 3.66. The minimum Gasteiger partial charge on any atom is -0.300 e. The molecule has 0 amide bonds. The van der Waals surface area contributed by atoms with Crippen LogP contribution in [0.25, 0.3) is 0 Å². The van der Waals surface area contributed by atoms with Gasteiger partial charge >= 0.3 is 0 Å². The summed E-state index contributed by atoms with van der Waals surface area (Å²) >= 11 is 0. The molecule has 0 bridgehead atoms. The van der Waals surface area contributed by atoms with Crippen LogP contribution in [0.2, 0.25) is 0 Å². The second-order valence-electron chi connectivity index (χ2n) is 1.77. The Morgan fingerprint density at radius 3 is 1.89 bits per heavy atom. The van der Waals surface area contributed by atoms with Gasteiger partial charge in [0.25, 0.3) is 0 Å². The summed E-state index contributed by atoms with van der Waals surface area (Å²) in [6, 6.07) is 0. The third-order valence-electron chi connectivity index (χ3n) is 0.840. The van der Waals surface area contributed by atoms with Crippen LogP contribution in [0, 0.1) is 0 Å². The van der Waals surface area contributed by atoms with Gasteiger partial charge in [0.15, 0.2) is 0 Å². The van der Waals surface area contributed by atoms with Crippen LogP contribution in [0.4, 0.5) is 0 Å². The van der Waals surface area contributed by atoms with Gasteiger partial charge in [0.2, 0.25) is 0 Å². The molecule has 0 radical (unpaired) electrons. The third-order valence-corrected chi connectivity index (χ3v) is 0.840. The maximum Gasteiger partial charge on any atom is 0.139 e. The summed E-state index contributed by atoms with van der Waals surface area (Å²) in [5.41, 5.74) is 0. The van der Waals surface area contributed by atoms with Crippen molar-refractivity contribution in [2.24, 2.45) is 0 Å². The predicted octanol–water partition coefficient (Wildman–Crippen LogP) is 0.942. The molecule has 0 spiro atoms. The molecule has 0 aromatic heterocycles. The van der Waals surface area contributed by atoms with Crippen LogP contribution in [0.1, 0.15) is 26.7 Å². The molecule has 0 aliphatic rings. The van der Waals surface area contributed by atoms with Crippen LogP contribution in [0.15, 0.2) is 0 Å². The molecule has 9 heavy (non-hydrogen) atoms. The Labute approximate surface area is 69.9 Å². The number of hydrogen-bond donors (Lipinski definition) is 0. The van der Waals surface area contributed by atoms with Gasteiger partial charge in [0.1, 0.15) is 11.6 Å². The summed E-state index contributed by atoms with van der Waals surface area (Å²) in [6.07, 6.45) is 0.579. The van der Waals surface area contributed by atoms with Gasteiger partial charge in [-0.05, 0) is 6.92 Å². The van der Waals surface area contributed by atoms with E-state index in [0.29, 0.717) is 6.42 Å². The Bertz CT molecular complexity index is 110. The summed E-state index contributed by atoms with van der Waals surface area (Å²) < 4.78 is 0. The standard InChI is InChI=1S/C6H10O2.Ti/c1-3-6(8)4-5(2)7;/h3-4H2,1-2H3;. The number of carbonyl (C=O) groups excluding carboxylic acids is 2. The van der Waals surface area contributed by atoms with Crippen molar-refractivity contribution in [3.63, 3.8) is 0 Å². The van der Waals surface area contributed by atoms with E-state index in [2.05, 4.69) is 0 Å². The predicted molar refractivity (Wildman–Crippen MR) is 30.6 cm³/mol. The summed E-state index contributed by atoms with van der Waals surface area (Å²) in [6.45, 7) is 3.18. The monoisotopic (exact) mass is 162 g/mol. The minimum absolute atomic E-state index is 0. The molecular weight excluding hydrogens is 152 g/mol. The maximum atomic E-state index is 10.4. The minimum atomic E-state index is -0.0446. The smallest absolute Gasteiger partial charge is 0.139 e. The van der Waals surface area contributed by atoms with E-state index < -0.39 is 0 Å². The van der Waals surface area contributed by atoms with Crippen molar-refractivity contribution in [3.8, 4) is 0 Å². The molecule has 0 unspecified atom stereocenters. The van der Waals surface area contributed by atoms with E-state index in [4.69, 9.17) is 0 Å². The molecule has 0 saturated carbocycles. The Hall–Kier alpha value is 0.0543. The molecule has 0 aliphatic carbocycles. The summed E-state index contributed by atoms with van der Waals surface area (Å²) in [5, 5.41) is 0. The zero-order valence-electron chi connectivity index (χ0n) is 5.73. The summed E-state index contributed by atoms with van der Waals surface area (Å²) in [7, 11) is 0. The van der Waals surface area contributed by atoms with Crippen LogP contribution in [0.3, 0.4) is 0 Å². The molecule has 0 atom stereocenters. The fraction of sp³-hybridized carbons (Fsp3) is 0.667. The van der Waals surface area contributed by atoms with Crippen molar-refractivity contribution in [1.29, 1.82) is 0 Å². The second-order valence-corrected chi connectivity index (χ2v) is 1.77. The number of carbonyl (C=O) groups is 2. The SMILES string of the molecule is CCC(=O)CC(C)=O.[Ti]. The molecule has 2 nitrogen and oxygen atoms in total. The number of Topliss-reactive ketones (excluding diaryl/α,β-unsaturated/α-hetero) is 2. The van der Waals surface area contributed by atoms with Crippen LogP contribution in [-0.2, 0) is 31.3 Å². The van der Waals surface area contributed by atoms with Gasteiger partial charge < -0.3 is 0 Å². The van der Waals surface area contributed by atoms with Crippen molar-refractivity contribution in [2.45, 2.75) is 26.7 Å². The average molecular weight is 162 g/mol. The van der Waals surface area contributed by atoms with Gasteiger partial charge in [-0.2, -0.15) is 0 Å². The number of rotatable bonds is 3. The molecule has 0 aromatic rings. The fourth-order valence-corrected chi connectivity index (χ4v) is 0.403. The first kappa shape index (κ1) is 11.8. The molecule has 0 rings (SSSR count). The molecule has 3 heteroatoms. The van der Waals surface area contributed by atoms with Crippen LogP contribution >= 0.6 is 0 Å². The normalized spacial score (nSPS) is 7.78. The largest absolute Gasteiger partial charge is 0.300 e. The van der Waals surface area contributed by atoms with Crippen molar-refractivity contribution in [1.82, 2.24) is 0 Å². The topological polar surface area (TPSA) is 34.1 Å². The number of hydrogen-bond acceptors (Lipinski definition) is 2. The summed E-state index contributed by atoms with van der Waals surface area (Å²) in [5.74, 6) is -0.0191. The maximum absolute atomic E-state index is 10.4. The first-order valence-corrected chi connectivity index (χ1v) is 2.68. The molecule has 0 aromatic carbocycles. The Balaban J connectivity index is 0. The molecular formula is C6H10O2Ti. The van der Waals surface area contributed by atoms with E-state index >= 15 is 0 Å². The van der Waals surface area contributed by atoms with Crippen molar-refractivity contribution >= 4 is 11.6 Å². The molecule has 0 aliphatic heterocycles. The van der Waals surface area contributed by atoms with Crippen molar-refractivity contribution < 1.29 is 31.3 Å². The molecule has 0 fully saturated rings. The number of ketones is 2. The van der Waals surface area contributed by atoms with Gasteiger partial charge in [-0.1, -0.05) is 6.92 Å². The van der Waals surface area contributed by atoms with Gasteiger partial charge in [-0.25, -0.2) is 0 Å². The van der Waals surface area contributed by atoms with Crippen molar-refractivity contribution in [2.75, 3.05) is 0 Å². The van der Waals surface area contributed by atoms with Gasteiger partial charge in [-0.3, -0.25) is 9.59 Å². The van der Waals surface area contributed by atoms with E-state index in [1.54, 1.807) is 6.92 Å². The van der Waals surface area contributed by atoms with E-state index in [1.165, 1.54) is 6.92 Å². The quantitative estimate of drug-likeness (QED) is 0.457. The van der Waals surface area contributed by atoms with Crippen LogP contribution in [0.5, 0.6) is 0 Å².